The zero-order valence-electron chi connectivity index (χ0n) is 7.47. The second kappa shape index (κ2) is 5.64. The lowest BCUT2D eigenvalue weighted by molar-refractivity contribution is -0.174. The van der Waals surface area contributed by atoms with E-state index in [2.05, 4.69) is 6.58 Å². The van der Waals surface area contributed by atoms with Crippen molar-refractivity contribution in [3.05, 3.63) is 12.7 Å². The average molecular weight is 211 g/mol. The number of allylic oxidation sites excluding steroid dienone is 1. The molecule has 0 saturated carbocycles. The molecule has 0 aromatic carbocycles. The number of alkyl halides is 3. The largest absolute Gasteiger partial charge is 0.471 e. The molecular weight excluding hydrogens is 199 g/mol. The summed E-state index contributed by atoms with van der Waals surface area (Å²) in [5, 5.41) is 10.3. The van der Waals surface area contributed by atoms with Gasteiger partial charge in [-0.1, -0.05) is 6.08 Å². The maximum atomic E-state index is 11.8. The van der Waals surface area contributed by atoms with E-state index < -0.39 is 24.7 Å². The minimum absolute atomic E-state index is 0.238. The van der Waals surface area contributed by atoms with Crippen LogP contribution in [-0.4, -0.2) is 29.8 Å². The van der Waals surface area contributed by atoms with Gasteiger partial charge >= 0.3 is 12.1 Å². The van der Waals surface area contributed by atoms with Crippen LogP contribution in [0.15, 0.2) is 12.7 Å². The fourth-order valence-corrected chi connectivity index (χ4v) is 0.795. The molecule has 0 aromatic heterocycles. The minimum Gasteiger partial charge on any atom is -0.394 e. The number of amides is 1. The highest BCUT2D eigenvalue weighted by Crippen LogP contribution is 2.14. The van der Waals surface area contributed by atoms with Crippen LogP contribution in [0.4, 0.5) is 13.2 Å². The van der Waals surface area contributed by atoms with Crippen molar-refractivity contribution in [2.75, 3.05) is 6.61 Å². The van der Waals surface area contributed by atoms with Gasteiger partial charge in [0.1, 0.15) is 0 Å². The SMILES string of the molecule is C=CCCC(CO)NC(=O)C(F)(F)F. The van der Waals surface area contributed by atoms with Crippen LogP contribution in [0.2, 0.25) is 0 Å². The van der Waals surface area contributed by atoms with Crippen LogP contribution in [-0.2, 0) is 4.79 Å². The molecule has 0 spiro atoms. The van der Waals surface area contributed by atoms with Gasteiger partial charge < -0.3 is 10.4 Å². The van der Waals surface area contributed by atoms with Crippen LogP contribution >= 0.6 is 0 Å². The third kappa shape index (κ3) is 4.86. The van der Waals surface area contributed by atoms with Crippen LogP contribution in [0.1, 0.15) is 12.8 Å². The molecule has 1 unspecified atom stereocenters. The zero-order valence-corrected chi connectivity index (χ0v) is 7.47. The van der Waals surface area contributed by atoms with Gasteiger partial charge in [0, 0.05) is 0 Å². The number of carbonyl (C=O) groups is 1. The molecule has 0 rings (SSSR count). The van der Waals surface area contributed by atoms with Gasteiger partial charge in [0.2, 0.25) is 0 Å². The van der Waals surface area contributed by atoms with E-state index in [0.717, 1.165) is 0 Å². The highest BCUT2D eigenvalue weighted by atomic mass is 19.4. The third-order valence-electron chi connectivity index (χ3n) is 1.53. The lowest BCUT2D eigenvalue weighted by Gasteiger charge is -2.16. The van der Waals surface area contributed by atoms with E-state index in [-0.39, 0.29) is 6.42 Å². The molecule has 1 amide bonds. The smallest absolute Gasteiger partial charge is 0.394 e. The summed E-state index contributed by atoms with van der Waals surface area (Å²) in [6, 6.07) is -0.873. The molecule has 2 N–H and O–H groups in total. The number of hydrogen-bond acceptors (Lipinski definition) is 2. The molecule has 0 fully saturated rings. The molecule has 0 aliphatic carbocycles. The van der Waals surface area contributed by atoms with Crippen molar-refractivity contribution >= 4 is 5.91 Å². The number of carbonyl (C=O) groups excluding carboxylic acids is 1. The van der Waals surface area contributed by atoms with Crippen LogP contribution in [0.25, 0.3) is 0 Å². The van der Waals surface area contributed by atoms with Gasteiger partial charge in [-0.3, -0.25) is 4.79 Å². The van der Waals surface area contributed by atoms with E-state index in [1.54, 1.807) is 5.32 Å². The second-order valence-electron chi connectivity index (χ2n) is 2.72. The van der Waals surface area contributed by atoms with Gasteiger partial charge in [0.05, 0.1) is 12.6 Å². The lowest BCUT2D eigenvalue weighted by atomic mass is 10.1. The summed E-state index contributed by atoms with van der Waals surface area (Å²) in [6.07, 6.45) is -2.73. The van der Waals surface area contributed by atoms with Crippen molar-refractivity contribution in [3.8, 4) is 0 Å². The Kier molecular flexibility index (Phi) is 5.22. The normalized spacial score (nSPS) is 13.4. The Morgan fingerprint density at radius 1 is 1.57 bits per heavy atom. The fraction of sp³-hybridized carbons (Fsp3) is 0.625. The molecule has 0 aliphatic rings. The fourth-order valence-electron chi connectivity index (χ4n) is 0.795. The standard InChI is InChI=1S/C8H12F3NO2/c1-2-3-4-6(5-13)12-7(14)8(9,10)11/h2,6,13H,1,3-5H2,(H,12,14). The predicted octanol–water partition coefficient (Wildman–Crippen LogP) is 0.992. The molecule has 0 bridgehead atoms. The van der Waals surface area contributed by atoms with Gasteiger partial charge in [-0.05, 0) is 12.8 Å². The number of aliphatic hydroxyl groups is 1. The highest BCUT2D eigenvalue weighted by Gasteiger charge is 2.39. The summed E-state index contributed by atoms with van der Waals surface area (Å²) in [7, 11) is 0. The quantitative estimate of drug-likeness (QED) is 0.666. The highest BCUT2D eigenvalue weighted by molar-refractivity contribution is 5.81. The van der Waals surface area contributed by atoms with E-state index in [9.17, 15) is 18.0 Å². The van der Waals surface area contributed by atoms with E-state index in [0.29, 0.717) is 6.42 Å². The summed E-state index contributed by atoms with van der Waals surface area (Å²) in [5.74, 6) is -2.03. The number of hydrogen-bond donors (Lipinski definition) is 2. The van der Waals surface area contributed by atoms with Crippen molar-refractivity contribution in [2.24, 2.45) is 0 Å². The minimum atomic E-state index is -4.90. The molecule has 3 nitrogen and oxygen atoms in total. The second-order valence-corrected chi connectivity index (χ2v) is 2.72. The van der Waals surface area contributed by atoms with Crippen LogP contribution in [0, 0.1) is 0 Å². The van der Waals surface area contributed by atoms with E-state index in [4.69, 9.17) is 5.11 Å². The Morgan fingerprint density at radius 3 is 2.50 bits per heavy atom. The zero-order chi connectivity index (χ0) is 11.2. The summed E-state index contributed by atoms with van der Waals surface area (Å²) in [6.45, 7) is 2.86. The van der Waals surface area contributed by atoms with Crippen LogP contribution in [0.3, 0.4) is 0 Å². The maximum absolute atomic E-state index is 11.8. The Morgan fingerprint density at radius 2 is 2.14 bits per heavy atom. The van der Waals surface area contributed by atoms with E-state index >= 15 is 0 Å². The van der Waals surface area contributed by atoms with Gasteiger partial charge in [0.25, 0.3) is 0 Å². The Bertz CT molecular complexity index is 203. The molecule has 0 saturated heterocycles. The predicted molar refractivity (Wildman–Crippen MR) is 44.5 cm³/mol. The van der Waals surface area contributed by atoms with E-state index in [1.165, 1.54) is 6.08 Å². The topological polar surface area (TPSA) is 49.3 Å². The van der Waals surface area contributed by atoms with Crippen molar-refractivity contribution in [1.29, 1.82) is 0 Å². The summed E-state index contributed by atoms with van der Waals surface area (Å²) < 4.78 is 35.3. The molecule has 14 heavy (non-hydrogen) atoms. The van der Waals surface area contributed by atoms with Crippen LogP contribution < -0.4 is 5.32 Å². The molecule has 82 valence electrons. The van der Waals surface area contributed by atoms with Gasteiger partial charge in [-0.15, -0.1) is 6.58 Å². The Hall–Kier alpha value is -1.04. The number of aliphatic hydroxyl groups excluding tert-OH is 1. The Balaban J connectivity index is 4.05. The molecular formula is C8H12F3NO2. The average Bonchev–Trinajstić information content (AvgIpc) is 2.10. The number of nitrogens with one attached hydrogen (secondary N) is 1. The molecule has 1 atom stereocenters. The van der Waals surface area contributed by atoms with Crippen molar-refractivity contribution in [1.82, 2.24) is 5.32 Å². The maximum Gasteiger partial charge on any atom is 0.471 e. The molecule has 0 radical (unpaired) electrons. The van der Waals surface area contributed by atoms with Crippen LogP contribution in [0.5, 0.6) is 0 Å². The first-order valence-electron chi connectivity index (χ1n) is 4.01. The van der Waals surface area contributed by atoms with E-state index in [1.807, 2.05) is 0 Å². The number of rotatable bonds is 5. The molecule has 0 aliphatic heterocycles. The van der Waals surface area contributed by atoms with Crippen molar-refractivity contribution in [3.63, 3.8) is 0 Å². The first-order valence-corrected chi connectivity index (χ1v) is 4.01. The van der Waals surface area contributed by atoms with Crippen molar-refractivity contribution in [2.45, 2.75) is 25.1 Å². The third-order valence-corrected chi connectivity index (χ3v) is 1.53. The van der Waals surface area contributed by atoms with Gasteiger partial charge in [0.15, 0.2) is 0 Å². The Labute approximate surface area is 79.6 Å². The molecule has 6 heteroatoms. The van der Waals surface area contributed by atoms with Gasteiger partial charge in [-0.2, -0.15) is 13.2 Å². The summed E-state index contributed by atoms with van der Waals surface area (Å²) >= 11 is 0. The summed E-state index contributed by atoms with van der Waals surface area (Å²) in [4.78, 5) is 10.4. The number of halogens is 3. The van der Waals surface area contributed by atoms with Crippen molar-refractivity contribution < 1.29 is 23.1 Å². The first-order chi connectivity index (χ1) is 6.41. The van der Waals surface area contributed by atoms with Gasteiger partial charge in [-0.25, -0.2) is 0 Å². The first kappa shape index (κ1) is 13.0. The monoisotopic (exact) mass is 211 g/mol. The molecule has 0 aromatic rings. The lowest BCUT2D eigenvalue weighted by Crippen LogP contribution is -2.44. The summed E-state index contributed by atoms with van der Waals surface area (Å²) in [5.41, 5.74) is 0. The molecule has 0 heterocycles.